The Bertz CT molecular complexity index is 673. The number of benzene rings is 1. The van der Waals surface area contributed by atoms with Gasteiger partial charge in [-0.25, -0.2) is 4.79 Å². The highest BCUT2D eigenvalue weighted by atomic mass is 16.4. The van der Waals surface area contributed by atoms with Crippen LogP contribution < -0.4 is 0 Å². The molecule has 2 fully saturated rings. The zero-order chi connectivity index (χ0) is 13.7. The highest BCUT2D eigenvalue weighted by Gasteiger charge is 2.39. The molecular formula is C17H19NO2. The van der Waals surface area contributed by atoms with Gasteiger partial charge in [0.2, 0.25) is 0 Å². The predicted molar refractivity (Wildman–Crippen MR) is 77.8 cm³/mol. The molecule has 0 saturated heterocycles. The van der Waals surface area contributed by atoms with Gasteiger partial charge >= 0.3 is 5.97 Å². The quantitative estimate of drug-likeness (QED) is 0.921. The lowest BCUT2D eigenvalue weighted by Gasteiger charge is -2.22. The number of fused-ring (bicyclic) bond motifs is 3. The molecule has 104 valence electrons. The molecular weight excluding hydrogens is 250 g/mol. The van der Waals surface area contributed by atoms with Crippen LogP contribution in [0.25, 0.3) is 10.9 Å². The van der Waals surface area contributed by atoms with Crippen molar-refractivity contribution in [2.75, 3.05) is 0 Å². The molecule has 0 amide bonds. The first-order valence-corrected chi connectivity index (χ1v) is 7.53. The van der Waals surface area contributed by atoms with E-state index in [1.54, 1.807) is 6.07 Å². The lowest BCUT2D eigenvalue weighted by molar-refractivity contribution is 0.0697. The summed E-state index contributed by atoms with van der Waals surface area (Å²) in [6, 6.07) is 7.50. The van der Waals surface area contributed by atoms with Gasteiger partial charge in [0.25, 0.3) is 0 Å². The molecule has 1 aromatic carbocycles. The van der Waals surface area contributed by atoms with Gasteiger partial charge < -0.3 is 9.67 Å². The van der Waals surface area contributed by atoms with Gasteiger partial charge in [0.05, 0.1) is 5.56 Å². The minimum atomic E-state index is -0.848. The van der Waals surface area contributed by atoms with Crippen molar-refractivity contribution in [1.29, 1.82) is 0 Å². The Labute approximate surface area is 118 Å². The maximum atomic E-state index is 11.1. The van der Waals surface area contributed by atoms with E-state index in [0.717, 1.165) is 35.2 Å². The van der Waals surface area contributed by atoms with Crippen LogP contribution in [-0.4, -0.2) is 15.6 Å². The SMILES string of the molecule is O=C(O)c1ccc2ccn(CC3CC4CCC3C4)c2c1. The average molecular weight is 269 g/mol. The van der Waals surface area contributed by atoms with Crippen molar-refractivity contribution in [3.8, 4) is 0 Å². The number of rotatable bonds is 3. The third-order valence-corrected chi connectivity index (χ3v) is 5.34. The van der Waals surface area contributed by atoms with Gasteiger partial charge in [-0.3, -0.25) is 0 Å². The van der Waals surface area contributed by atoms with E-state index >= 15 is 0 Å². The summed E-state index contributed by atoms with van der Waals surface area (Å²) >= 11 is 0. The molecule has 3 atom stereocenters. The van der Waals surface area contributed by atoms with Gasteiger partial charge in [0.15, 0.2) is 0 Å². The minimum Gasteiger partial charge on any atom is -0.478 e. The summed E-state index contributed by atoms with van der Waals surface area (Å²) in [5.74, 6) is 1.80. The number of hydrogen-bond acceptors (Lipinski definition) is 1. The van der Waals surface area contributed by atoms with Crippen molar-refractivity contribution in [3.63, 3.8) is 0 Å². The van der Waals surface area contributed by atoms with Gasteiger partial charge in [-0.05, 0) is 60.6 Å². The van der Waals surface area contributed by atoms with Crippen LogP contribution >= 0.6 is 0 Å². The van der Waals surface area contributed by atoms with Gasteiger partial charge in [0, 0.05) is 18.3 Å². The van der Waals surface area contributed by atoms with Crippen LogP contribution in [0.15, 0.2) is 30.5 Å². The predicted octanol–water partition coefficient (Wildman–Crippen LogP) is 3.78. The number of aromatic nitrogens is 1. The van der Waals surface area contributed by atoms with E-state index < -0.39 is 5.97 Å². The Hall–Kier alpha value is -1.77. The molecule has 3 unspecified atom stereocenters. The third kappa shape index (κ3) is 1.84. The monoisotopic (exact) mass is 269 g/mol. The van der Waals surface area contributed by atoms with E-state index in [9.17, 15) is 4.79 Å². The van der Waals surface area contributed by atoms with Crippen molar-refractivity contribution in [2.45, 2.75) is 32.2 Å². The first-order chi connectivity index (χ1) is 9.70. The van der Waals surface area contributed by atoms with Crippen LogP contribution in [0.3, 0.4) is 0 Å². The van der Waals surface area contributed by atoms with Crippen molar-refractivity contribution >= 4 is 16.9 Å². The summed E-state index contributed by atoms with van der Waals surface area (Å²) in [6.45, 7) is 1.05. The van der Waals surface area contributed by atoms with Crippen molar-refractivity contribution in [2.24, 2.45) is 17.8 Å². The number of hydrogen-bond donors (Lipinski definition) is 1. The second kappa shape index (κ2) is 4.37. The average Bonchev–Trinajstić information content (AvgIpc) is 3.14. The number of nitrogens with zero attached hydrogens (tertiary/aromatic N) is 1. The Kier molecular flexibility index (Phi) is 2.62. The fraction of sp³-hybridized carbons (Fsp3) is 0.471. The molecule has 2 bridgehead atoms. The van der Waals surface area contributed by atoms with Crippen LogP contribution in [0.4, 0.5) is 0 Å². The summed E-state index contributed by atoms with van der Waals surface area (Å²) in [7, 11) is 0. The highest BCUT2D eigenvalue weighted by molar-refractivity contribution is 5.93. The van der Waals surface area contributed by atoms with Crippen LogP contribution in [-0.2, 0) is 6.54 Å². The molecule has 4 rings (SSSR count). The van der Waals surface area contributed by atoms with Crippen molar-refractivity contribution in [3.05, 3.63) is 36.0 Å². The molecule has 1 aromatic heterocycles. The molecule has 0 spiro atoms. The molecule has 0 radical (unpaired) electrons. The Balaban J connectivity index is 1.66. The van der Waals surface area contributed by atoms with E-state index in [0.29, 0.717) is 5.56 Å². The van der Waals surface area contributed by atoms with Crippen molar-refractivity contribution < 1.29 is 9.90 Å². The van der Waals surface area contributed by atoms with Gasteiger partial charge in [-0.15, -0.1) is 0 Å². The lowest BCUT2D eigenvalue weighted by atomic mass is 9.89. The summed E-state index contributed by atoms with van der Waals surface area (Å²) in [5, 5.41) is 10.3. The topological polar surface area (TPSA) is 42.2 Å². The zero-order valence-electron chi connectivity index (χ0n) is 11.5. The van der Waals surface area contributed by atoms with E-state index in [2.05, 4.69) is 16.8 Å². The molecule has 1 N–H and O–H groups in total. The normalized spacial score (nSPS) is 28.3. The van der Waals surface area contributed by atoms with Gasteiger partial charge in [0.1, 0.15) is 0 Å². The third-order valence-electron chi connectivity index (χ3n) is 5.34. The second-order valence-corrected chi connectivity index (χ2v) is 6.48. The summed E-state index contributed by atoms with van der Waals surface area (Å²) in [6.07, 6.45) is 7.72. The Morgan fingerprint density at radius 3 is 2.85 bits per heavy atom. The van der Waals surface area contributed by atoms with E-state index in [1.807, 2.05) is 12.1 Å². The molecule has 2 aliphatic rings. The fourth-order valence-electron chi connectivity index (χ4n) is 4.33. The minimum absolute atomic E-state index is 0.380. The molecule has 2 aliphatic carbocycles. The fourth-order valence-corrected chi connectivity index (χ4v) is 4.33. The van der Waals surface area contributed by atoms with Gasteiger partial charge in [-0.1, -0.05) is 12.5 Å². The van der Waals surface area contributed by atoms with Crippen LogP contribution in [0.2, 0.25) is 0 Å². The molecule has 2 saturated carbocycles. The first kappa shape index (κ1) is 12.0. The molecule has 3 heteroatoms. The lowest BCUT2D eigenvalue weighted by Crippen LogP contribution is -2.16. The summed E-state index contributed by atoms with van der Waals surface area (Å²) in [4.78, 5) is 11.1. The maximum Gasteiger partial charge on any atom is 0.335 e. The van der Waals surface area contributed by atoms with Crippen LogP contribution in [0.1, 0.15) is 36.0 Å². The maximum absolute atomic E-state index is 11.1. The number of carbonyl (C=O) groups is 1. The molecule has 20 heavy (non-hydrogen) atoms. The first-order valence-electron chi connectivity index (χ1n) is 7.53. The van der Waals surface area contributed by atoms with Crippen LogP contribution in [0.5, 0.6) is 0 Å². The van der Waals surface area contributed by atoms with E-state index in [-0.39, 0.29) is 0 Å². The van der Waals surface area contributed by atoms with Crippen molar-refractivity contribution in [1.82, 2.24) is 4.57 Å². The van der Waals surface area contributed by atoms with Gasteiger partial charge in [-0.2, -0.15) is 0 Å². The summed E-state index contributed by atoms with van der Waals surface area (Å²) in [5.41, 5.74) is 1.44. The second-order valence-electron chi connectivity index (χ2n) is 6.48. The standard InChI is InChI=1S/C17H19NO2/c19-17(20)14-4-3-12-5-6-18(16(12)9-14)10-15-8-11-1-2-13(15)7-11/h3-6,9,11,13,15H,1-2,7-8,10H2,(H,19,20). The highest BCUT2D eigenvalue weighted by Crippen LogP contribution is 2.49. The number of aromatic carboxylic acids is 1. The summed E-state index contributed by atoms with van der Waals surface area (Å²) < 4.78 is 2.26. The van der Waals surface area contributed by atoms with Crippen LogP contribution in [0, 0.1) is 17.8 Å². The number of carboxylic acid groups (broad SMARTS) is 1. The molecule has 3 nitrogen and oxygen atoms in total. The van der Waals surface area contributed by atoms with E-state index in [1.165, 1.54) is 25.7 Å². The number of carboxylic acids is 1. The Morgan fingerprint density at radius 2 is 2.15 bits per heavy atom. The smallest absolute Gasteiger partial charge is 0.335 e. The molecule has 0 aliphatic heterocycles. The Morgan fingerprint density at radius 1 is 1.25 bits per heavy atom. The van der Waals surface area contributed by atoms with E-state index in [4.69, 9.17) is 5.11 Å². The molecule has 1 heterocycles. The molecule has 2 aromatic rings. The largest absolute Gasteiger partial charge is 0.478 e. The zero-order valence-corrected chi connectivity index (χ0v) is 11.5.